The number of amides is 2. The molecule has 9 nitrogen and oxygen atoms in total. The van der Waals surface area contributed by atoms with Crippen LogP contribution in [0.1, 0.15) is 34.5 Å². The van der Waals surface area contributed by atoms with Crippen LogP contribution < -0.4 is 14.8 Å². The predicted octanol–water partition coefficient (Wildman–Crippen LogP) is 3.71. The van der Waals surface area contributed by atoms with Crippen LogP contribution in [0, 0.1) is 0 Å². The number of halogens is 2. The van der Waals surface area contributed by atoms with Gasteiger partial charge in [0.15, 0.2) is 11.5 Å². The minimum atomic E-state index is -3.11. The van der Waals surface area contributed by atoms with Crippen molar-refractivity contribution in [3.63, 3.8) is 0 Å². The zero-order chi connectivity index (χ0) is 25.0. The van der Waals surface area contributed by atoms with E-state index < -0.39 is 30.6 Å². The largest absolute Gasteiger partial charge is 0.493 e. The number of allylic oxidation sites excluding steroid dienone is 1. The lowest BCUT2D eigenvalue weighted by Gasteiger charge is -2.35. The van der Waals surface area contributed by atoms with Crippen molar-refractivity contribution in [3.8, 4) is 11.5 Å². The maximum Gasteiger partial charge on any atom is 0.387 e. The molecule has 1 aliphatic heterocycles. The van der Waals surface area contributed by atoms with Crippen molar-refractivity contribution in [1.29, 1.82) is 0 Å². The number of aromatic carboxylic acids is 1. The van der Waals surface area contributed by atoms with Gasteiger partial charge >= 0.3 is 24.6 Å². The first-order valence-corrected chi connectivity index (χ1v) is 9.98. The Morgan fingerprint density at radius 1 is 1.12 bits per heavy atom. The number of methoxy groups -OCH3 is 2. The number of ether oxygens (including phenoxy) is 3. The molecule has 180 valence electrons. The number of urea groups is 1. The normalized spacial score (nSPS) is 15.8. The van der Waals surface area contributed by atoms with Gasteiger partial charge in [-0.15, -0.1) is 0 Å². The Hall–Kier alpha value is -4.15. The molecule has 0 radical (unpaired) electrons. The molecule has 3 rings (SSSR count). The molecule has 0 fully saturated rings. The summed E-state index contributed by atoms with van der Waals surface area (Å²) < 4.78 is 40.2. The van der Waals surface area contributed by atoms with Crippen molar-refractivity contribution in [2.24, 2.45) is 0 Å². The van der Waals surface area contributed by atoms with Crippen molar-refractivity contribution in [3.05, 3.63) is 70.4 Å². The lowest BCUT2D eigenvalue weighted by molar-refractivity contribution is -0.136. The Labute approximate surface area is 193 Å². The number of esters is 1. The Kier molecular flexibility index (Phi) is 7.34. The maximum atomic E-state index is 13.0. The van der Waals surface area contributed by atoms with Gasteiger partial charge in [0.2, 0.25) is 0 Å². The van der Waals surface area contributed by atoms with Gasteiger partial charge < -0.3 is 24.6 Å². The van der Waals surface area contributed by atoms with Gasteiger partial charge in [0.05, 0.1) is 37.9 Å². The Balaban J connectivity index is 2.01. The van der Waals surface area contributed by atoms with E-state index in [-0.39, 0.29) is 34.9 Å². The molecule has 2 aromatic carbocycles. The average molecular weight is 476 g/mol. The smallest absolute Gasteiger partial charge is 0.387 e. The molecule has 0 spiro atoms. The molecule has 1 atom stereocenters. The third-order valence-electron chi connectivity index (χ3n) is 5.28. The number of nitrogens with zero attached hydrogens (tertiary/aromatic N) is 1. The molecule has 0 saturated heterocycles. The summed E-state index contributed by atoms with van der Waals surface area (Å²) in [5.74, 6) is -2.00. The van der Waals surface area contributed by atoms with Crippen LogP contribution in [0.4, 0.5) is 13.6 Å². The summed E-state index contributed by atoms with van der Waals surface area (Å²) >= 11 is 0. The molecule has 2 N–H and O–H groups in total. The lowest BCUT2D eigenvalue weighted by atomic mass is 9.94. The summed E-state index contributed by atoms with van der Waals surface area (Å²) in [6, 6.07) is 8.54. The number of carboxylic acids is 1. The van der Waals surface area contributed by atoms with Gasteiger partial charge in [-0.3, -0.25) is 4.90 Å². The molecule has 0 saturated carbocycles. The van der Waals surface area contributed by atoms with E-state index in [9.17, 15) is 23.2 Å². The van der Waals surface area contributed by atoms with Crippen molar-refractivity contribution < 1.29 is 42.5 Å². The van der Waals surface area contributed by atoms with Gasteiger partial charge in [-0.2, -0.15) is 8.78 Å². The Morgan fingerprint density at radius 3 is 2.35 bits per heavy atom. The monoisotopic (exact) mass is 476 g/mol. The third-order valence-corrected chi connectivity index (χ3v) is 5.28. The lowest BCUT2D eigenvalue weighted by Crippen LogP contribution is -2.47. The first kappa shape index (κ1) is 24.5. The summed E-state index contributed by atoms with van der Waals surface area (Å²) in [4.78, 5) is 38.0. The first-order valence-electron chi connectivity index (χ1n) is 9.98. The zero-order valence-corrected chi connectivity index (χ0v) is 18.5. The average Bonchev–Trinajstić information content (AvgIpc) is 2.80. The minimum absolute atomic E-state index is 0.0487. The number of carbonyl (C=O) groups excluding carboxylic acids is 2. The van der Waals surface area contributed by atoms with Crippen molar-refractivity contribution in [2.75, 3.05) is 14.2 Å². The van der Waals surface area contributed by atoms with Gasteiger partial charge in [0.25, 0.3) is 0 Å². The van der Waals surface area contributed by atoms with Crippen LogP contribution in [0.5, 0.6) is 11.5 Å². The fraction of sp³-hybridized carbons (Fsp3) is 0.261. The van der Waals surface area contributed by atoms with Crippen LogP contribution in [0.15, 0.2) is 53.7 Å². The Morgan fingerprint density at radius 2 is 1.79 bits per heavy atom. The van der Waals surface area contributed by atoms with Gasteiger partial charge in [-0.25, -0.2) is 14.4 Å². The quantitative estimate of drug-likeness (QED) is 0.559. The van der Waals surface area contributed by atoms with Gasteiger partial charge in [-0.05, 0) is 42.3 Å². The van der Waals surface area contributed by atoms with E-state index in [0.717, 1.165) is 0 Å². The minimum Gasteiger partial charge on any atom is -0.493 e. The number of carboxylic acid groups (broad SMARTS) is 1. The summed E-state index contributed by atoms with van der Waals surface area (Å²) in [5.41, 5.74) is 1.40. The number of nitrogens with one attached hydrogen (secondary N) is 1. The second-order valence-corrected chi connectivity index (χ2v) is 7.25. The zero-order valence-electron chi connectivity index (χ0n) is 18.5. The summed E-state index contributed by atoms with van der Waals surface area (Å²) in [6.45, 7) is -1.50. The van der Waals surface area contributed by atoms with Gasteiger partial charge in [0, 0.05) is 5.70 Å². The molecule has 2 amide bonds. The van der Waals surface area contributed by atoms with Crippen molar-refractivity contribution in [2.45, 2.75) is 26.1 Å². The highest BCUT2D eigenvalue weighted by molar-refractivity contribution is 5.95. The SMILES string of the molecule is COC(=O)C1=C(C)N(Cc2ccc(C(=O)O)cc2)C(=O)NC1c1ccc(OC)c(OC(F)F)c1. The first-order chi connectivity index (χ1) is 16.2. The van der Waals surface area contributed by atoms with Crippen molar-refractivity contribution >= 4 is 18.0 Å². The van der Waals surface area contributed by atoms with Crippen LogP contribution in [0.25, 0.3) is 0 Å². The van der Waals surface area contributed by atoms with Crippen LogP contribution in [0.2, 0.25) is 0 Å². The molecular formula is C23H22F2N2O7. The molecule has 1 aliphatic rings. The molecule has 0 aromatic heterocycles. The van der Waals surface area contributed by atoms with E-state index in [1.165, 1.54) is 49.5 Å². The fourth-order valence-corrected chi connectivity index (χ4v) is 3.59. The van der Waals surface area contributed by atoms with E-state index in [2.05, 4.69) is 10.1 Å². The number of benzene rings is 2. The van der Waals surface area contributed by atoms with Crippen LogP contribution in [-0.4, -0.2) is 48.8 Å². The summed E-state index contributed by atoms with van der Waals surface area (Å²) in [6.07, 6.45) is 0. The number of hydrogen-bond acceptors (Lipinski definition) is 6. The second kappa shape index (κ2) is 10.2. The predicted molar refractivity (Wildman–Crippen MR) is 115 cm³/mol. The van der Waals surface area contributed by atoms with Gasteiger partial charge in [-0.1, -0.05) is 18.2 Å². The highest BCUT2D eigenvalue weighted by atomic mass is 19.3. The highest BCUT2D eigenvalue weighted by Crippen LogP contribution is 2.37. The highest BCUT2D eigenvalue weighted by Gasteiger charge is 2.36. The maximum absolute atomic E-state index is 13.0. The third kappa shape index (κ3) is 5.08. The number of carbonyl (C=O) groups is 3. The van der Waals surface area contributed by atoms with Gasteiger partial charge in [0.1, 0.15) is 0 Å². The molecule has 34 heavy (non-hydrogen) atoms. The van der Waals surface area contributed by atoms with Crippen molar-refractivity contribution in [1.82, 2.24) is 10.2 Å². The van der Waals surface area contributed by atoms with Crippen LogP contribution in [-0.2, 0) is 16.1 Å². The topological polar surface area (TPSA) is 114 Å². The van der Waals surface area contributed by atoms with E-state index in [0.29, 0.717) is 11.1 Å². The molecule has 0 bridgehead atoms. The molecule has 1 heterocycles. The van der Waals surface area contributed by atoms with Crippen LogP contribution >= 0.6 is 0 Å². The summed E-state index contributed by atoms with van der Waals surface area (Å²) in [5, 5.41) is 11.7. The second-order valence-electron chi connectivity index (χ2n) is 7.25. The molecule has 2 aromatic rings. The van der Waals surface area contributed by atoms with E-state index in [4.69, 9.17) is 14.6 Å². The molecule has 1 unspecified atom stereocenters. The molecular weight excluding hydrogens is 454 g/mol. The van der Waals surface area contributed by atoms with E-state index in [1.54, 1.807) is 19.1 Å². The summed E-state index contributed by atoms with van der Waals surface area (Å²) in [7, 11) is 2.48. The number of alkyl halides is 2. The van der Waals surface area contributed by atoms with E-state index >= 15 is 0 Å². The Bertz CT molecular complexity index is 1130. The van der Waals surface area contributed by atoms with E-state index in [1.807, 2.05) is 0 Å². The molecule has 11 heteroatoms. The standard InChI is InChI=1S/C23H22F2N2O7/c1-12-18(21(30)33-3)19(15-8-9-16(32-2)17(10-15)34-22(24)25)26-23(31)27(12)11-13-4-6-14(7-5-13)20(28)29/h4-10,19,22H,11H2,1-3H3,(H,26,31)(H,28,29). The fourth-order valence-electron chi connectivity index (χ4n) is 3.59. The molecule has 0 aliphatic carbocycles. The number of hydrogen-bond donors (Lipinski definition) is 2. The number of rotatable bonds is 8. The van der Waals surface area contributed by atoms with Crippen LogP contribution in [0.3, 0.4) is 0 Å².